The van der Waals surface area contributed by atoms with Crippen LogP contribution >= 0.6 is 0 Å². The van der Waals surface area contributed by atoms with Gasteiger partial charge in [-0.15, -0.1) is 0 Å². The van der Waals surface area contributed by atoms with Gasteiger partial charge in [0.2, 0.25) is 5.91 Å². The van der Waals surface area contributed by atoms with E-state index in [1.54, 1.807) is 32.6 Å². The van der Waals surface area contributed by atoms with Crippen LogP contribution in [0.2, 0.25) is 0 Å². The molecule has 1 aromatic carbocycles. The molecule has 0 saturated carbocycles. The molecule has 1 atom stereocenters. The maximum absolute atomic E-state index is 12.6. The highest BCUT2D eigenvalue weighted by molar-refractivity contribution is 5.99. The van der Waals surface area contributed by atoms with E-state index in [1.807, 2.05) is 24.3 Å². The topological polar surface area (TPSA) is 58.6 Å². The van der Waals surface area contributed by atoms with Crippen LogP contribution in [0.4, 0.5) is 10.5 Å². The molecule has 1 heterocycles. The summed E-state index contributed by atoms with van der Waals surface area (Å²) in [6.07, 6.45) is 1.34. The molecule has 1 aromatic rings. The molecule has 0 spiro atoms. The second kappa shape index (κ2) is 6.38. The molecule has 0 saturated heterocycles. The maximum Gasteiger partial charge on any atom is 0.408 e. The Morgan fingerprint density at radius 2 is 1.95 bits per heavy atom. The minimum atomic E-state index is -0.624. The van der Waals surface area contributed by atoms with E-state index in [1.165, 1.54) is 5.56 Å². The number of anilines is 1. The lowest BCUT2D eigenvalue weighted by Gasteiger charge is -2.31. The number of aryl methyl sites for hydroxylation is 1. The van der Waals surface area contributed by atoms with Gasteiger partial charge in [-0.2, -0.15) is 0 Å². The predicted octanol–water partition coefficient (Wildman–Crippen LogP) is 2.88. The molecule has 22 heavy (non-hydrogen) atoms. The largest absolute Gasteiger partial charge is 0.444 e. The Balaban J connectivity index is 2.04. The Hall–Kier alpha value is -2.04. The van der Waals surface area contributed by atoms with Gasteiger partial charge in [0, 0.05) is 12.2 Å². The third-order valence-corrected chi connectivity index (χ3v) is 3.48. The molecular formula is C17H24N2O3. The van der Waals surface area contributed by atoms with Crippen molar-refractivity contribution in [3.63, 3.8) is 0 Å². The second-order valence-corrected chi connectivity index (χ2v) is 6.59. The van der Waals surface area contributed by atoms with Crippen molar-refractivity contribution in [2.75, 3.05) is 11.4 Å². The van der Waals surface area contributed by atoms with Gasteiger partial charge in [0.25, 0.3) is 0 Å². The van der Waals surface area contributed by atoms with E-state index < -0.39 is 17.7 Å². The number of carbonyl (C=O) groups excluding carboxylic acids is 2. The average molecular weight is 304 g/mol. The fraction of sp³-hybridized carbons (Fsp3) is 0.529. The zero-order chi connectivity index (χ0) is 16.3. The van der Waals surface area contributed by atoms with Gasteiger partial charge in [-0.3, -0.25) is 4.79 Å². The van der Waals surface area contributed by atoms with Crippen LogP contribution in [0.3, 0.4) is 0 Å². The van der Waals surface area contributed by atoms with Crippen LogP contribution in [0, 0.1) is 0 Å². The number of nitrogens with one attached hydrogen (secondary N) is 1. The first kappa shape index (κ1) is 16.3. The van der Waals surface area contributed by atoms with Gasteiger partial charge in [-0.1, -0.05) is 18.2 Å². The van der Waals surface area contributed by atoms with Crippen molar-refractivity contribution >= 4 is 17.7 Å². The van der Waals surface area contributed by atoms with Gasteiger partial charge in [-0.25, -0.2) is 4.79 Å². The lowest BCUT2D eigenvalue weighted by molar-refractivity contribution is -0.120. The zero-order valence-corrected chi connectivity index (χ0v) is 13.7. The molecule has 0 radical (unpaired) electrons. The molecule has 2 amide bonds. The first-order valence-corrected chi connectivity index (χ1v) is 7.67. The molecule has 120 valence electrons. The number of ether oxygens (including phenoxy) is 1. The first-order valence-electron chi connectivity index (χ1n) is 7.67. The standard InChI is InChI=1S/C17H24N2O3/c1-12(18-16(21)22-17(2,3)4)15(20)19-11-7-9-13-8-5-6-10-14(13)19/h5-6,8,10,12H,7,9,11H2,1-4H3,(H,18,21)/t12-/m1/s1. The van der Waals surface area contributed by atoms with Gasteiger partial charge in [0.1, 0.15) is 11.6 Å². The smallest absolute Gasteiger partial charge is 0.408 e. The quantitative estimate of drug-likeness (QED) is 0.914. The summed E-state index contributed by atoms with van der Waals surface area (Å²) in [5, 5.41) is 2.61. The Morgan fingerprint density at radius 1 is 1.27 bits per heavy atom. The van der Waals surface area contributed by atoms with Crippen molar-refractivity contribution < 1.29 is 14.3 Å². The molecule has 2 rings (SSSR count). The summed E-state index contributed by atoms with van der Waals surface area (Å²) in [5.74, 6) is -0.113. The molecule has 0 aliphatic carbocycles. The van der Waals surface area contributed by atoms with Gasteiger partial charge in [-0.05, 0) is 52.2 Å². The Kier molecular flexibility index (Phi) is 4.74. The number of rotatable bonds is 2. The predicted molar refractivity (Wildman–Crippen MR) is 85.9 cm³/mol. The number of hydrogen-bond donors (Lipinski definition) is 1. The molecule has 0 bridgehead atoms. The molecule has 0 unspecified atom stereocenters. The van der Waals surface area contributed by atoms with E-state index in [2.05, 4.69) is 5.32 Å². The van der Waals surface area contributed by atoms with E-state index in [-0.39, 0.29) is 5.91 Å². The lowest BCUT2D eigenvalue weighted by Crippen LogP contribution is -2.49. The molecule has 0 aromatic heterocycles. The number of para-hydroxylation sites is 1. The van der Waals surface area contributed by atoms with Gasteiger partial charge in [0.05, 0.1) is 0 Å². The molecular weight excluding hydrogens is 280 g/mol. The fourth-order valence-electron chi connectivity index (χ4n) is 2.54. The van der Waals surface area contributed by atoms with Crippen LogP contribution in [0.5, 0.6) is 0 Å². The third kappa shape index (κ3) is 4.00. The van der Waals surface area contributed by atoms with Crippen molar-refractivity contribution in [3.05, 3.63) is 29.8 Å². The Labute approximate surface area is 131 Å². The SMILES string of the molecule is C[C@@H](NC(=O)OC(C)(C)C)C(=O)N1CCCc2ccccc21. The summed E-state index contributed by atoms with van der Waals surface area (Å²) in [6.45, 7) is 7.74. The minimum absolute atomic E-state index is 0.113. The molecule has 1 aliphatic heterocycles. The van der Waals surface area contributed by atoms with Gasteiger partial charge < -0.3 is 15.0 Å². The molecule has 5 heteroatoms. The van der Waals surface area contributed by atoms with E-state index in [0.717, 1.165) is 18.5 Å². The summed E-state index contributed by atoms with van der Waals surface area (Å²) in [7, 11) is 0. The normalized spacial score (nSPS) is 15.7. The average Bonchev–Trinajstić information content (AvgIpc) is 2.43. The first-order chi connectivity index (χ1) is 10.3. The van der Waals surface area contributed by atoms with Crippen LogP contribution in [-0.2, 0) is 16.0 Å². The number of alkyl carbamates (subject to hydrolysis) is 1. The van der Waals surface area contributed by atoms with E-state index >= 15 is 0 Å². The van der Waals surface area contributed by atoms with Crippen molar-refractivity contribution in [2.45, 2.75) is 52.2 Å². The molecule has 5 nitrogen and oxygen atoms in total. The van der Waals surface area contributed by atoms with Gasteiger partial charge in [0.15, 0.2) is 0 Å². The Bertz CT molecular complexity index is 563. The fourth-order valence-corrected chi connectivity index (χ4v) is 2.54. The van der Waals surface area contributed by atoms with Crippen molar-refractivity contribution in [1.29, 1.82) is 0 Å². The lowest BCUT2D eigenvalue weighted by atomic mass is 10.0. The summed E-state index contributed by atoms with van der Waals surface area (Å²) < 4.78 is 5.19. The van der Waals surface area contributed by atoms with Crippen LogP contribution in [-0.4, -0.2) is 30.2 Å². The molecule has 1 N–H and O–H groups in total. The third-order valence-electron chi connectivity index (χ3n) is 3.48. The summed E-state index contributed by atoms with van der Waals surface area (Å²) in [5.41, 5.74) is 1.54. The monoisotopic (exact) mass is 304 g/mol. The number of benzene rings is 1. The zero-order valence-electron chi connectivity index (χ0n) is 13.7. The second-order valence-electron chi connectivity index (χ2n) is 6.59. The van der Waals surface area contributed by atoms with Crippen LogP contribution in [0.25, 0.3) is 0 Å². The molecule has 1 aliphatic rings. The number of fused-ring (bicyclic) bond motifs is 1. The number of amides is 2. The summed E-state index contributed by atoms with van der Waals surface area (Å²) in [6, 6.07) is 7.28. The highest BCUT2D eigenvalue weighted by Crippen LogP contribution is 2.27. The number of hydrogen-bond acceptors (Lipinski definition) is 3. The van der Waals surface area contributed by atoms with E-state index in [4.69, 9.17) is 4.74 Å². The summed E-state index contributed by atoms with van der Waals surface area (Å²) in [4.78, 5) is 26.2. The van der Waals surface area contributed by atoms with Crippen molar-refractivity contribution in [1.82, 2.24) is 5.32 Å². The van der Waals surface area contributed by atoms with Crippen molar-refractivity contribution in [3.8, 4) is 0 Å². The minimum Gasteiger partial charge on any atom is -0.444 e. The Morgan fingerprint density at radius 3 is 2.64 bits per heavy atom. The molecule has 0 fully saturated rings. The van der Waals surface area contributed by atoms with Crippen LogP contribution < -0.4 is 10.2 Å². The highest BCUT2D eigenvalue weighted by Gasteiger charge is 2.28. The van der Waals surface area contributed by atoms with Crippen LogP contribution in [0.1, 0.15) is 39.7 Å². The maximum atomic E-state index is 12.6. The number of nitrogens with zero attached hydrogens (tertiary/aromatic N) is 1. The number of carbonyl (C=O) groups is 2. The summed E-state index contributed by atoms with van der Waals surface area (Å²) >= 11 is 0. The van der Waals surface area contributed by atoms with Gasteiger partial charge >= 0.3 is 6.09 Å². The van der Waals surface area contributed by atoms with E-state index in [0.29, 0.717) is 6.54 Å². The van der Waals surface area contributed by atoms with Crippen LogP contribution in [0.15, 0.2) is 24.3 Å². The van der Waals surface area contributed by atoms with E-state index in [9.17, 15) is 9.59 Å². The van der Waals surface area contributed by atoms with Crippen molar-refractivity contribution in [2.24, 2.45) is 0 Å². The highest BCUT2D eigenvalue weighted by atomic mass is 16.6.